The molecule has 102 valence electrons. The van der Waals surface area contributed by atoms with Crippen LogP contribution in [0.4, 0.5) is 5.69 Å². The number of rotatable bonds is 5. The van der Waals surface area contributed by atoms with E-state index in [1.54, 1.807) is 14.1 Å². The number of carboxylic acids is 1. The van der Waals surface area contributed by atoms with Crippen molar-refractivity contribution in [2.45, 2.75) is 4.90 Å². The van der Waals surface area contributed by atoms with Crippen LogP contribution >= 0.6 is 11.8 Å². The predicted molar refractivity (Wildman–Crippen MR) is 69.5 cm³/mol. The zero-order chi connectivity index (χ0) is 14.6. The highest BCUT2D eigenvalue weighted by molar-refractivity contribution is 8.00. The van der Waals surface area contributed by atoms with Crippen molar-refractivity contribution in [3.8, 4) is 0 Å². The van der Waals surface area contributed by atoms with Crippen LogP contribution in [0.5, 0.6) is 0 Å². The Labute approximate surface area is 113 Å². The molecule has 0 saturated carbocycles. The van der Waals surface area contributed by atoms with Crippen molar-refractivity contribution in [2.75, 3.05) is 19.8 Å². The van der Waals surface area contributed by atoms with Crippen LogP contribution in [0.15, 0.2) is 23.1 Å². The number of hydrogen-bond acceptors (Lipinski definition) is 5. The van der Waals surface area contributed by atoms with Gasteiger partial charge in [-0.05, 0) is 6.07 Å². The molecule has 0 aliphatic rings. The van der Waals surface area contributed by atoms with Crippen LogP contribution < -0.4 is 0 Å². The van der Waals surface area contributed by atoms with Gasteiger partial charge in [0.25, 0.3) is 5.69 Å². The monoisotopic (exact) mass is 284 g/mol. The molecule has 1 aromatic rings. The van der Waals surface area contributed by atoms with E-state index in [4.69, 9.17) is 5.11 Å². The van der Waals surface area contributed by atoms with E-state index in [1.807, 2.05) is 0 Å². The standard InChI is InChI=1S/C11H12N2O5S/c1-12(2)9(14)6-19-10-7(11(15)16)4-3-5-8(10)13(17)18/h3-5H,6H2,1-2H3,(H,15,16). The van der Waals surface area contributed by atoms with E-state index < -0.39 is 10.9 Å². The number of carbonyl (C=O) groups is 2. The average molecular weight is 284 g/mol. The fourth-order valence-electron chi connectivity index (χ4n) is 1.25. The highest BCUT2D eigenvalue weighted by Gasteiger charge is 2.22. The molecule has 1 rings (SSSR count). The average Bonchev–Trinajstić information content (AvgIpc) is 2.34. The second-order valence-corrected chi connectivity index (χ2v) is 4.78. The molecule has 0 heterocycles. The van der Waals surface area contributed by atoms with Gasteiger partial charge < -0.3 is 10.0 Å². The third-order valence-corrected chi connectivity index (χ3v) is 3.37. The molecule has 0 bridgehead atoms. The summed E-state index contributed by atoms with van der Waals surface area (Å²) in [6.45, 7) is 0. The van der Waals surface area contributed by atoms with E-state index in [0.717, 1.165) is 11.8 Å². The van der Waals surface area contributed by atoms with Gasteiger partial charge in [-0.2, -0.15) is 0 Å². The lowest BCUT2D eigenvalue weighted by Crippen LogP contribution is -2.23. The molecule has 7 nitrogen and oxygen atoms in total. The fraction of sp³-hybridized carbons (Fsp3) is 0.273. The predicted octanol–water partition coefficient (Wildman–Crippen LogP) is 1.47. The Hall–Kier alpha value is -2.09. The molecule has 0 spiro atoms. The first-order valence-corrected chi connectivity index (χ1v) is 6.16. The van der Waals surface area contributed by atoms with Crippen LogP contribution in [0, 0.1) is 10.1 Å². The van der Waals surface area contributed by atoms with E-state index in [0.29, 0.717) is 0 Å². The molecule has 0 aromatic heterocycles. The third-order valence-electron chi connectivity index (χ3n) is 2.26. The molecular formula is C11H12N2O5S. The topological polar surface area (TPSA) is 101 Å². The smallest absolute Gasteiger partial charge is 0.337 e. The van der Waals surface area contributed by atoms with Crippen molar-refractivity contribution in [3.05, 3.63) is 33.9 Å². The van der Waals surface area contributed by atoms with Gasteiger partial charge in [-0.25, -0.2) is 4.79 Å². The summed E-state index contributed by atoms with van der Waals surface area (Å²) in [5, 5.41) is 19.9. The van der Waals surface area contributed by atoms with Gasteiger partial charge in [-0.15, -0.1) is 11.8 Å². The maximum atomic E-state index is 11.5. The van der Waals surface area contributed by atoms with Crippen LogP contribution in [-0.4, -0.2) is 46.7 Å². The van der Waals surface area contributed by atoms with Crippen molar-refractivity contribution in [1.82, 2.24) is 4.90 Å². The highest BCUT2D eigenvalue weighted by Crippen LogP contribution is 2.32. The highest BCUT2D eigenvalue weighted by atomic mass is 32.2. The number of hydrogen-bond donors (Lipinski definition) is 1. The van der Waals surface area contributed by atoms with E-state index in [1.165, 1.54) is 23.1 Å². The number of carbonyl (C=O) groups excluding carboxylic acids is 1. The number of benzene rings is 1. The third kappa shape index (κ3) is 3.68. The Bertz CT molecular complexity index is 498. The SMILES string of the molecule is CN(C)C(=O)CSc1c(C(=O)O)cccc1[N+](=O)[O-]. The largest absolute Gasteiger partial charge is 0.478 e. The lowest BCUT2D eigenvalue weighted by atomic mass is 10.2. The molecule has 8 heteroatoms. The second-order valence-electron chi connectivity index (χ2n) is 3.79. The molecule has 0 unspecified atom stereocenters. The molecule has 0 fully saturated rings. The molecule has 19 heavy (non-hydrogen) atoms. The van der Waals surface area contributed by atoms with Gasteiger partial charge in [0, 0.05) is 20.2 Å². The molecule has 0 saturated heterocycles. The summed E-state index contributed by atoms with van der Waals surface area (Å²) < 4.78 is 0. The lowest BCUT2D eigenvalue weighted by Gasteiger charge is -2.10. The van der Waals surface area contributed by atoms with E-state index in [9.17, 15) is 19.7 Å². The summed E-state index contributed by atoms with van der Waals surface area (Å²) in [7, 11) is 3.11. The Morgan fingerprint density at radius 2 is 2.05 bits per heavy atom. The van der Waals surface area contributed by atoms with Gasteiger partial charge in [0.05, 0.1) is 16.2 Å². The summed E-state index contributed by atoms with van der Waals surface area (Å²) >= 11 is 0.853. The van der Waals surface area contributed by atoms with E-state index in [2.05, 4.69) is 0 Å². The second kappa shape index (κ2) is 6.19. The summed E-state index contributed by atoms with van der Waals surface area (Å²) in [5.41, 5.74) is -0.484. The van der Waals surface area contributed by atoms with Crippen LogP contribution in [0.3, 0.4) is 0 Å². The molecule has 1 amide bonds. The first-order valence-electron chi connectivity index (χ1n) is 5.18. The van der Waals surface area contributed by atoms with Crippen LogP contribution in [0.2, 0.25) is 0 Å². The summed E-state index contributed by atoms with van der Waals surface area (Å²) in [5.74, 6) is -1.57. The number of nitro groups is 1. The van der Waals surface area contributed by atoms with Gasteiger partial charge in [-0.1, -0.05) is 6.07 Å². The maximum Gasteiger partial charge on any atom is 0.337 e. The van der Waals surface area contributed by atoms with E-state index >= 15 is 0 Å². The fourth-order valence-corrected chi connectivity index (χ4v) is 2.38. The van der Waals surface area contributed by atoms with E-state index in [-0.39, 0.29) is 27.8 Å². The maximum absolute atomic E-state index is 11.5. The van der Waals surface area contributed by atoms with Crippen molar-refractivity contribution < 1.29 is 19.6 Å². The first kappa shape index (κ1) is 15.0. The number of carboxylic acid groups (broad SMARTS) is 1. The van der Waals surface area contributed by atoms with Gasteiger partial charge in [-0.3, -0.25) is 14.9 Å². The summed E-state index contributed by atoms with van der Waals surface area (Å²) in [6.07, 6.45) is 0. The zero-order valence-electron chi connectivity index (χ0n) is 10.3. The molecule has 0 aliphatic carbocycles. The molecule has 0 aliphatic heterocycles. The molecular weight excluding hydrogens is 272 g/mol. The minimum Gasteiger partial charge on any atom is -0.478 e. The van der Waals surface area contributed by atoms with Crippen molar-refractivity contribution in [1.29, 1.82) is 0 Å². The Balaban J connectivity index is 3.11. The van der Waals surface area contributed by atoms with Gasteiger partial charge in [0.2, 0.25) is 5.91 Å². The Kier molecular flexibility index (Phi) is 4.87. The molecule has 1 aromatic carbocycles. The van der Waals surface area contributed by atoms with Gasteiger partial charge >= 0.3 is 5.97 Å². The quantitative estimate of drug-likeness (QED) is 0.499. The lowest BCUT2D eigenvalue weighted by molar-refractivity contribution is -0.387. The summed E-state index contributed by atoms with van der Waals surface area (Å²) in [4.78, 5) is 34.1. The number of thioether (sulfide) groups is 1. The number of nitro benzene ring substituents is 1. The molecule has 0 atom stereocenters. The molecule has 0 radical (unpaired) electrons. The zero-order valence-corrected chi connectivity index (χ0v) is 11.1. The van der Waals surface area contributed by atoms with Gasteiger partial charge in [0.1, 0.15) is 4.90 Å². The van der Waals surface area contributed by atoms with Crippen molar-refractivity contribution in [2.24, 2.45) is 0 Å². The summed E-state index contributed by atoms with van der Waals surface area (Å²) in [6, 6.07) is 3.80. The normalized spacial score (nSPS) is 10.0. The van der Waals surface area contributed by atoms with Crippen molar-refractivity contribution >= 4 is 29.3 Å². The first-order chi connectivity index (χ1) is 8.84. The number of nitrogens with zero attached hydrogens (tertiary/aromatic N) is 2. The Morgan fingerprint density at radius 1 is 1.42 bits per heavy atom. The minimum atomic E-state index is -1.26. The molecule has 1 N–H and O–H groups in total. The number of aromatic carboxylic acids is 1. The van der Waals surface area contributed by atoms with Crippen LogP contribution in [0.1, 0.15) is 10.4 Å². The minimum absolute atomic E-state index is 0.00444. The number of amides is 1. The van der Waals surface area contributed by atoms with Gasteiger partial charge in [0.15, 0.2) is 0 Å². The van der Waals surface area contributed by atoms with Crippen LogP contribution in [0.25, 0.3) is 0 Å². The van der Waals surface area contributed by atoms with Crippen LogP contribution in [-0.2, 0) is 4.79 Å². The Morgan fingerprint density at radius 3 is 2.53 bits per heavy atom. The van der Waals surface area contributed by atoms with Crippen molar-refractivity contribution in [3.63, 3.8) is 0 Å².